The zero-order valence-electron chi connectivity index (χ0n) is 13.2. The van der Waals surface area contributed by atoms with E-state index < -0.39 is 4.05 Å². The van der Waals surface area contributed by atoms with E-state index in [-0.39, 0.29) is 11.8 Å². The quantitative estimate of drug-likeness (QED) is 0.375. The molecule has 0 bridgehead atoms. The van der Waals surface area contributed by atoms with Gasteiger partial charge in [0, 0.05) is 32.2 Å². The normalized spacial score (nSPS) is 14.6. The number of imidazole rings is 1. The van der Waals surface area contributed by atoms with E-state index in [0.717, 1.165) is 30.2 Å². The van der Waals surface area contributed by atoms with Gasteiger partial charge >= 0.3 is 0 Å². The van der Waals surface area contributed by atoms with Crippen LogP contribution in [-0.2, 0) is 17.9 Å². The van der Waals surface area contributed by atoms with Gasteiger partial charge in [0.25, 0.3) is 11.8 Å². The van der Waals surface area contributed by atoms with Crippen molar-refractivity contribution in [3.63, 3.8) is 0 Å². The third-order valence-electron chi connectivity index (χ3n) is 3.86. The number of hydrogen-bond donors (Lipinski definition) is 3. The Morgan fingerprint density at radius 3 is 2.79 bits per heavy atom. The van der Waals surface area contributed by atoms with Crippen molar-refractivity contribution in [2.24, 2.45) is 0 Å². The molecule has 1 aliphatic rings. The van der Waals surface area contributed by atoms with Crippen LogP contribution in [0.3, 0.4) is 0 Å². The van der Waals surface area contributed by atoms with Gasteiger partial charge in [-0.05, 0) is 22.6 Å². The lowest BCUT2D eigenvalue weighted by molar-refractivity contribution is -0.120. The lowest BCUT2D eigenvalue weighted by Crippen LogP contribution is -2.42. The zero-order valence-corrected chi connectivity index (χ0v) is 15.3. The predicted octanol–water partition coefficient (Wildman–Crippen LogP) is 0.890. The summed E-state index contributed by atoms with van der Waals surface area (Å²) in [5, 5.41) is 8.48. The van der Waals surface area contributed by atoms with Crippen molar-refractivity contribution in [3.8, 4) is 11.4 Å². The molecule has 0 fully saturated rings. The summed E-state index contributed by atoms with van der Waals surface area (Å²) in [6, 6.07) is 9.80. The van der Waals surface area contributed by atoms with Crippen LogP contribution in [-0.4, -0.2) is 39.0 Å². The molecule has 2 amide bonds. The first-order valence-electron chi connectivity index (χ1n) is 7.64. The van der Waals surface area contributed by atoms with Crippen molar-refractivity contribution >= 4 is 34.4 Å². The Hall–Kier alpha value is -1.94. The number of carbonyl (C=O) groups excluding carboxylic acids is 2. The Labute approximate surface area is 153 Å². The van der Waals surface area contributed by atoms with Crippen molar-refractivity contribution in [2.75, 3.05) is 13.6 Å². The molecule has 126 valence electrons. The maximum absolute atomic E-state index is 12.6. The van der Waals surface area contributed by atoms with Crippen LogP contribution in [0, 0.1) is 0 Å². The zero-order chi connectivity index (χ0) is 17.1. The fourth-order valence-corrected chi connectivity index (χ4v) is 3.26. The van der Waals surface area contributed by atoms with Gasteiger partial charge < -0.3 is 20.5 Å². The monoisotopic (exact) mass is 439 g/mol. The molecule has 2 aromatic rings. The smallest absolute Gasteiger partial charge is 0.273 e. The van der Waals surface area contributed by atoms with Crippen LogP contribution in [0.2, 0.25) is 0 Å². The minimum absolute atomic E-state index is 0.251. The summed E-state index contributed by atoms with van der Waals surface area (Å²) in [4.78, 5) is 28.8. The first-order valence-corrected chi connectivity index (χ1v) is 8.88. The molecule has 7 nitrogen and oxygen atoms in total. The molecule has 3 rings (SSSR count). The number of benzene rings is 1. The average Bonchev–Trinajstić information content (AvgIpc) is 3.01. The molecule has 2 heterocycles. The number of hydrogen-bond acceptors (Lipinski definition) is 4. The van der Waals surface area contributed by atoms with Crippen molar-refractivity contribution in [3.05, 3.63) is 41.7 Å². The molecule has 24 heavy (non-hydrogen) atoms. The van der Waals surface area contributed by atoms with Gasteiger partial charge in [-0.25, -0.2) is 4.98 Å². The molecule has 1 aromatic heterocycles. The number of nitrogens with zero attached hydrogens (tertiary/aromatic N) is 2. The molecule has 1 atom stereocenters. The largest absolute Gasteiger partial charge is 0.357 e. The number of carbonyl (C=O) groups is 2. The van der Waals surface area contributed by atoms with Crippen LogP contribution in [0.4, 0.5) is 0 Å². The van der Waals surface area contributed by atoms with E-state index in [1.165, 1.54) is 7.05 Å². The third kappa shape index (κ3) is 3.29. The summed E-state index contributed by atoms with van der Waals surface area (Å²) in [6.07, 6.45) is 0. The number of amides is 2. The standard InChI is InChI=1S/C16H18IN5O2/c1-18-16(24)13(17)21-15(23)12-11-9-19-7-8-22(11)14(20-12)10-5-3-2-4-6-10/h2-6,13,19H,7-9H2,1H3,(H,18,24)(H,21,23)/t13-/m1/s1. The van der Waals surface area contributed by atoms with Crippen molar-refractivity contribution in [1.29, 1.82) is 0 Å². The van der Waals surface area contributed by atoms with Gasteiger partial charge in [0.15, 0.2) is 9.74 Å². The maximum Gasteiger partial charge on any atom is 0.273 e. The fourth-order valence-electron chi connectivity index (χ4n) is 2.67. The number of fused-ring (bicyclic) bond motifs is 1. The van der Waals surface area contributed by atoms with Gasteiger partial charge in [0.2, 0.25) is 0 Å². The molecule has 1 aliphatic heterocycles. The fraction of sp³-hybridized carbons (Fsp3) is 0.312. The van der Waals surface area contributed by atoms with Crippen LogP contribution in [0.25, 0.3) is 11.4 Å². The summed E-state index contributed by atoms with van der Waals surface area (Å²) in [5.74, 6) is 0.188. The Morgan fingerprint density at radius 2 is 2.08 bits per heavy atom. The molecule has 0 aliphatic carbocycles. The van der Waals surface area contributed by atoms with E-state index >= 15 is 0 Å². The van der Waals surface area contributed by atoms with Gasteiger partial charge in [-0.3, -0.25) is 9.59 Å². The topological polar surface area (TPSA) is 88.1 Å². The summed E-state index contributed by atoms with van der Waals surface area (Å²) in [5.41, 5.74) is 2.18. The molecule has 0 radical (unpaired) electrons. The lowest BCUT2D eigenvalue weighted by atomic mass is 10.2. The van der Waals surface area contributed by atoms with Crippen molar-refractivity contribution < 1.29 is 9.59 Å². The van der Waals surface area contributed by atoms with E-state index in [2.05, 4.69) is 25.5 Å². The van der Waals surface area contributed by atoms with Crippen molar-refractivity contribution in [1.82, 2.24) is 25.5 Å². The molecular formula is C16H18IN5O2. The number of likely N-dealkylation sites (N-methyl/N-ethyl adjacent to an activating group) is 1. The average molecular weight is 439 g/mol. The van der Waals surface area contributed by atoms with Gasteiger partial charge in [-0.2, -0.15) is 0 Å². The van der Waals surface area contributed by atoms with Crippen molar-refractivity contribution in [2.45, 2.75) is 17.1 Å². The first kappa shape index (κ1) is 16.9. The lowest BCUT2D eigenvalue weighted by Gasteiger charge is -2.18. The Balaban J connectivity index is 1.95. The third-order valence-corrected chi connectivity index (χ3v) is 4.74. The molecule has 0 saturated carbocycles. The van der Waals surface area contributed by atoms with Gasteiger partial charge in [0.05, 0.1) is 5.69 Å². The Kier molecular flexibility index (Phi) is 5.14. The van der Waals surface area contributed by atoms with Crippen LogP contribution >= 0.6 is 22.6 Å². The highest BCUT2D eigenvalue weighted by atomic mass is 127. The first-order chi connectivity index (χ1) is 11.6. The van der Waals surface area contributed by atoms with Crippen LogP contribution in [0.5, 0.6) is 0 Å². The molecular weight excluding hydrogens is 421 g/mol. The van der Waals surface area contributed by atoms with Crippen LogP contribution in [0.1, 0.15) is 16.2 Å². The van der Waals surface area contributed by atoms with Gasteiger partial charge in [-0.1, -0.05) is 30.3 Å². The predicted molar refractivity (Wildman–Crippen MR) is 98.7 cm³/mol. The second-order valence-corrected chi connectivity index (χ2v) is 6.62. The highest BCUT2D eigenvalue weighted by Gasteiger charge is 2.26. The maximum atomic E-state index is 12.6. The van der Waals surface area contributed by atoms with E-state index in [0.29, 0.717) is 12.2 Å². The number of alkyl halides is 1. The van der Waals surface area contributed by atoms with Crippen LogP contribution in [0.15, 0.2) is 30.3 Å². The SMILES string of the molecule is CNC(=O)[C@H](I)NC(=O)c1nc(-c2ccccc2)n2c1CNCC2. The number of aromatic nitrogens is 2. The second kappa shape index (κ2) is 7.31. The van der Waals surface area contributed by atoms with Gasteiger partial charge in [0.1, 0.15) is 5.82 Å². The Bertz CT molecular complexity index is 759. The molecule has 8 heteroatoms. The number of nitrogens with one attached hydrogen (secondary N) is 3. The molecule has 1 aromatic carbocycles. The summed E-state index contributed by atoms with van der Waals surface area (Å²) >= 11 is 1.89. The molecule has 3 N–H and O–H groups in total. The van der Waals surface area contributed by atoms with Gasteiger partial charge in [-0.15, -0.1) is 0 Å². The highest BCUT2D eigenvalue weighted by Crippen LogP contribution is 2.24. The molecule has 0 saturated heterocycles. The Morgan fingerprint density at radius 1 is 1.33 bits per heavy atom. The summed E-state index contributed by atoms with van der Waals surface area (Å²) in [6.45, 7) is 2.16. The minimum atomic E-state index is -0.644. The van der Waals surface area contributed by atoms with Crippen LogP contribution < -0.4 is 16.0 Å². The second-order valence-electron chi connectivity index (χ2n) is 5.38. The summed E-state index contributed by atoms with van der Waals surface area (Å²) < 4.78 is 1.43. The number of rotatable bonds is 4. The minimum Gasteiger partial charge on any atom is -0.357 e. The summed E-state index contributed by atoms with van der Waals surface area (Å²) in [7, 11) is 1.54. The number of halogens is 1. The molecule has 0 spiro atoms. The van der Waals surface area contributed by atoms with E-state index in [1.54, 1.807) is 0 Å². The van der Waals surface area contributed by atoms with E-state index in [1.807, 2.05) is 52.9 Å². The highest BCUT2D eigenvalue weighted by molar-refractivity contribution is 14.1. The van der Waals surface area contributed by atoms with E-state index in [9.17, 15) is 9.59 Å². The molecule has 0 unspecified atom stereocenters. The van der Waals surface area contributed by atoms with E-state index in [4.69, 9.17) is 0 Å².